The number of aromatic nitrogens is 4. The fourth-order valence-electron chi connectivity index (χ4n) is 5.55. The standard InChI is InChI=1S/C36H22N6O6S2/c43-27-25(37-15-23-29(27)49-34(39-23)21-11-9-17-5-1-3-7-19(17)13-21)32(45)41-31(36(47)48)42-33(46)26-28(44)30-24(16-38-26)40-35(50-30)22-12-10-18-6-2-4-8-20(18)14-22/h1-16,31,43-44H,(H,41,45)(H,42,46)(H,47,48). The Morgan fingerprint density at radius 3 is 1.44 bits per heavy atom. The Balaban J connectivity index is 1.02. The first-order chi connectivity index (χ1) is 24.2. The van der Waals surface area contributed by atoms with Gasteiger partial charge in [-0.15, -0.1) is 22.7 Å². The van der Waals surface area contributed by atoms with Gasteiger partial charge < -0.3 is 26.0 Å². The number of amides is 2. The molecule has 0 spiro atoms. The third kappa shape index (κ3) is 5.47. The van der Waals surface area contributed by atoms with Gasteiger partial charge in [0.1, 0.15) is 30.4 Å². The zero-order valence-corrected chi connectivity index (χ0v) is 27.1. The highest BCUT2D eigenvalue weighted by Gasteiger charge is 2.29. The molecule has 4 heterocycles. The van der Waals surface area contributed by atoms with E-state index in [1.54, 1.807) is 0 Å². The smallest absolute Gasteiger partial charge is 0.347 e. The molecule has 244 valence electrons. The first kappa shape index (κ1) is 30.8. The summed E-state index contributed by atoms with van der Waals surface area (Å²) in [5.74, 6) is -4.71. The molecule has 0 aliphatic rings. The van der Waals surface area contributed by atoms with Crippen LogP contribution in [-0.4, -0.2) is 59.2 Å². The van der Waals surface area contributed by atoms with Gasteiger partial charge in [0.25, 0.3) is 11.8 Å². The summed E-state index contributed by atoms with van der Waals surface area (Å²) in [5, 5.41) is 41.5. The van der Waals surface area contributed by atoms with Crippen LogP contribution in [0.4, 0.5) is 0 Å². The van der Waals surface area contributed by atoms with Crippen LogP contribution in [0.5, 0.6) is 11.5 Å². The van der Waals surface area contributed by atoms with E-state index in [1.165, 1.54) is 12.4 Å². The molecular formula is C36H22N6O6S2. The third-order valence-electron chi connectivity index (χ3n) is 8.04. The maximum atomic E-state index is 13.2. The second-order valence-electron chi connectivity index (χ2n) is 11.2. The third-order valence-corrected chi connectivity index (χ3v) is 10.3. The number of aliphatic carboxylic acids is 1. The van der Waals surface area contributed by atoms with Crippen LogP contribution in [0.15, 0.2) is 97.3 Å². The minimum absolute atomic E-state index is 0.277. The van der Waals surface area contributed by atoms with E-state index < -0.39 is 46.8 Å². The van der Waals surface area contributed by atoms with Crippen molar-refractivity contribution >= 4 is 82.4 Å². The second-order valence-corrected chi connectivity index (χ2v) is 13.2. The van der Waals surface area contributed by atoms with Gasteiger partial charge in [-0.3, -0.25) is 9.59 Å². The first-order valence-electron chi connectivity index (χ1n) is 15.0. The summed E-state index contributed by atoms with van der Waals surface area (Å²) >= 11 is 2.29. The van der Waals surface area contributed by atoms with Crippen molar-refractivity contribution in [3.05, 3.63) is 109 Å². The molecule has 4 aromatic heterocycles. The highest BCUT2D eigenvalue weighted by atomic mass is 32.1. The van der Waals surface area contributed by atoms with Gasteiger partial charge in [-0.1, -0.05) is 72.8 Å². The number of carbonyl (C=O) groups excluding carboxylic acids is 2. The summed E-state index contributed by atoms with van der Waals surface area (Å²) in [6, 6.07) is 27.4. The fraction of sp³-hybridized carbons (Fsp3) is 0.0278. The minimum Gasteiger partial charge on any atom is -0.504 e. The molecule has 2 amide bonds. The summed E-state index contributed by atoms with van der Waals surface area (Å²) in [6.45, 7) is 0. The number of carboxylic acid groups (broad SMARTS) is 1. The van der Waals surface area contributed by atoms with Gasteiger partial charge in [-0.05, 0) is 33.7 Å². The molecule has 50 heavy (non-hydrogen) atoms. The van der Waals surface area contributed by atoms with Crippen LogP contribution in [-0.2, 0) is 4.79 Å². The summed E-state index contributed by atoms with van der Waals surface area (Å²) in [5.41, 5.74) is 1.39. The number of nitrogens with one attached hydrogen (secondary N) is 2. The van der Waals surface area contributed by atoms with E-state index in [1.807, 2.05) is 84.9 Å². The van der Waals surface area contributed by atoms with E-state index in [-0.39, 0.29) is 9.40 Å². The fourth-order valence-corrected chi connectivity index (χ4v) is 7.51. The number of aromatic hydroxyl groups is 2. The molecule has 0 bridgehead atoms. The number of carbonyl (C=O) groups is 3. The second kappa shape index (κ2) is 12.2. The molecule has 0 aliphatic carbocycles. The Morgan fingerprint density at radius 2 is 1.02 bits per heavy atom. The largest absolute Gasteiger partial charge is 0.504 e. The van der Waals surface area contributed by atoms with Gasteiger partial charge in [-0.2, -0.15) is 0 Å². The maximum absolute atomic E-state index is 13.2. The average molecular weight is 699 g/mol. The Kier molecular flexibility index (Phi) is 7.50. The Labute approximate surface area is 289 Å². The van der Waals surface area contributed by atoms with E-state index in [4.69, 9.17) is 0 Å². The minimum atomic E-state index is -1.96. The van der Waals surface area contributed by atoms with Crippen molar-refractivity contribution in [2.75, 3.05) is 0 Å². The van der Waals surface area contributed by atoms with E-state index in [9.17, 15) is 29.7 Å². The molecule has 12 nitrogen and oxygen atoms in total. The molecule has 0 aliphatic heterocycles. The van der Waals surface area contributed by atoms with Crippen molar-refractivity contribution in [1.29, 1.82) is 0 Å². The lowest BCUT2D eigenvalue weighted by molar-refractivity contribution is -0.139. The number of rotatable bonds is 7. The Bertz CT molecular complexity index is 2510. The van der Waals surface area contributed by atoms with Gasteiger partial charge in [0, 0.05) is 11.1 Å². The molecule has 0 saturated carbocycles. The van der Waals surface area contributed by atoms with Crippen LogP contribution >= 0.6 is 22.7 Å². The van der Waals surface area contributed by atoms with E-state index in [2.05, 4.69) is 30.6 Å². The van der Waals surface area contributed by atoms with Gasteiger partial charge in [0.05, 0.1) is 12.4 Å². The molecule has 14 heteroatoms. The quantitative estimate of drug-likeness (QED) is 0.118. The summed E-state index contributed by atoms with van der Waals surface area (Å²) in [4.78, 5) is 55.7. The molecule has 5 N–H and O–H groups in total. The topological polar surface area (TPSA) is 188 Å². The number of nitrogens with zero attached hydrogens (tertiary/aromatic N) is 4. The average Bonchev–Trinajstić information content (AvgIpc) is 3.77. The predicted molar refractivity (Wildman–Crippen MR) is 190 cm³/mol. The van der Waals surface area contributed by atoms with Gasteiger partial charge in [0.2, 0.25) is 6.17 Å². The van der Waals surface area contributed by atoms with Crippen molar-refractivity contribution in [3.63, 3.8) is 0 Å². The van der Waals surface area contributed by atoms with Gasteiger partial charge in [0.15, 0.2) is 22.9 Å². The van der Waals surface area contributed by atoms with Gasteiger partial charge >= 0.3 is 5.97 Å². The van der Waals surface area contributed by atoms with Crippen molar-refractivity contribution < 1.29 is 29.7 Å². The number of hydrogen-bond donors (Lipinski definition) is 5. The number of benzene rings is 4. The number of pyridine rings is 2. The number of thiazole rings is 2. The lowest BCUT2D eigenvalue weighted by Gasteiger charge is -2.16. The molecule has 8 aromatic rings. The molecule has 4 aromatic carbocycles. The van der Waals surface area contributed by atoms with Crippen molar-refractivity contribution in [3.8, 4) is 32.6 Å². The van der Waals surface area contributed by atoms with E-state index in [0.29, 0.717) is 21.0 Å². The first-order valence-corrected chi connectivity index (χ1v) is 16.7. The summed E-state index contributed by atoms with van der Waals surface area (Å²) < 4.78 is 0.554. The van der Waals surface area contributed by atoms with Crippen LogP contribution in [0.25, 0.3) is 63.1 Å². The molecule has 0 radical (unpaired) electrons. The number of hydrogen-bond acceptors (Lipinski definition) is 11. The monoisotopic (exact) mass is 698 g/mol. The summed E-state index contributed by atoms with van der Waals surface area (Å²) in [7, 11) is 0. The number of carboxylic acids is 1. The highest BCUT2D eigenvalue weighted by Crippen LogP contribution is 2.39. The molecule has 0 saturated heterocycles. The van der Waals surface area contributed by atoms with Gasteiger partial charge in [-0.25, -0.2) is 24.7 Å². The number of fused-ring (bicyclic) bond motifs is 4. The Morgan fingerprint density at radius 1 is 0.600 bits per heavy atom. The molecule has 0 fully saturated rings. The molecule has 0 atom stereocenters. The van der Waals surface area contributed by atoms with E-state index >= 15 is 0 Å². The molecule has 8 rings (SSSR count). The normalized spacial score (nSPS) is 11.5. The maximum Gasteiger partial charge on any atom is 0.347 e. The van der Waals surface area contributed by atoms with Crippen molar-refractivity contribution in [1.82, 2.24) is 30.6 Å². The lowest BCUT2D eigenvalue weighted by Crippen LogP contribution is -2.53. The van der Waals surface area contributed by atoms with Crippen molar-refractivity contribution in [2.45, 2.75) is 6.17 Å². The summed E-state index contributed by atoms with van der Waals surface area (Å²) in [6.07, 6.45) is 0.642. The highest BCUT2D eigenvalue weighted by molar-refractivity contribution is 7.22. The van der Waals surface area contributed by atoms with Crippen LogP contribution in [0.2, 0.25) is 0 Å². The van der Waals surface area contributed by atoms with Crippen LogP contribution in [0.3, 0.4) is 0 Å². The zero-order chi connectivity index (χ0) is 34.5. The predicted octanol–water partition coefficient (Wildman–Crippen LogP) is 6.32. The van der Waals surface area contributed by atoms with Crippen LogP contribution in [0, 0.1) is 0 Å². The van der Waals surface area contributed by atoms with E-state index in [0.717, 1.165) is 55.3 Å². The SMILES string of the molecule is O=C(NC(NC(=O)c1ncc2nc(-c3ccc4ccccc4c3)sc2c1O)C(=O)O)c1ncc2nc(-c3ccc4ccccc4c3)sc2c1O. The Hall–Kier alpha value is -6.51. The van der Waals surface area contributed by atoms with Crippen molar-refractivity contribution in [2.24, 2.45) is 0 Å². The van der Waals surface area contributed by atoms with Crippen LogP contribution in [0.1, 0.15) is 21.0 Å². The lowest BCUT2D eigenvalue weighted by atomic mass is 10.1. The zero-order valence-electron chi connectivity index (χ0n) is 25.5. The molecule has 0 unspecified atom stereocenters. The molecular weight excluding hydrogens is 677 g/mol. The van der Waals surface area contributed by atoms with Crippen LogP contribution < -0.4 is 10.6 Å².